The van der Waals surface area contributed by atoms with E-state index in [0.717, 1.165) is 41.6 Å². The minimum absolute atomic E-state index is 0.0321. The minimum atomic E-state index is -0.137. The van der Waals surface area contributed by atoms with Crippen molar-refractivity contribution in [3.05, 3.63) is 163 Å². The number of benzene rings is 5. The van der Waals surface area contributed by atoms with Crippen molar-refractivity contribution in [1.82, 2.24) is 9.97 Å². The second-order valence-corrected chi connectivity index (χ2v) is 17.0. The lowest BCUT2D eigenvalue weighted by Crippen LogP contribution is -2.60. The maximum absolute atomic E-state index is 5.75. The second kappa shape index (κ2) is 11.1. The summed E-state index contributed by atoms with van der Waals surface area (Å²) >= 11 is 0. The normalized spacial score (nSPS) is 23.6. The van der Waals surface area contributed by atoms with Gasteiger partial charge in [0.1, 0.15) is 12.3 Å². The van der Waals surface area contributed by atoms with E-state index in [1.165, 1.54) is 45.1 Å². The minimum Gasteiger partial charge on any atom is -0.318 e. The molecule has 1 aliphatic carbocycles. The molecule has 6 heteroatoms. The Morgan fingerprint density at radius 3 is 1.65 bits per heavy atom. The van der Waals surface area contributed by atoms with E-state index >= 15 is 0 Å². The zero-order valence-corrected chi connectivity index (χ0v) is 31.3. The van der Waals surface area contributed by atoms with E-state index in [9.17, 15) is 0 Å². The molecule has 0 N–H and O–H groups in total. The van der Waals surface area contributed by atoms with Gasteiger partial charge in [0.25, 0.3) is 0 Å². The van der Waals surface area contributed by atoms with Gasteiger partial charge in [-0.3, -0.25) is 0 Å². The van der Waals surface area contributed by atoms with Crippen molar-refractivity contribution < 1.29 is 0 Å². The number of rotatable bonds is 2. The van der Waals surface area contributed by atoms with Crippen LogP contribution in [0.5, 0.6) is 0 Å². The van der Waals surface area contributed by atoms with E-state index in [-0.39, 0.29) is 35.0 Å². The number of hydrogen-bond acceptors (Lipinski definition) is 6. The van der Waals surface area contributed by atoms with E-state index in [2.05, 4.69) is 181 Å². The molecule has 5 aromatic carbocycles. The fourth-order valence-electron chi connectivity index (χ4n) is 11.0. The first-order chi connectivity index (χ1) is 26.2. The number of aromatic nitrogens is 2. The van der Waals surface area contributed by atoms with Gasteiger partial charge in [-0.1, -0.05) is 119 Å². The van der Waals surface area contributed by atoms with Gasteiger partial charge in [0.05, 0.1) is 28.5 Å². The number of fused-ring (bicyclic) bond motifs is 15. The Labute approximate surface area is 318 Å². The average molecular weight is 705 g/mol. The van der Waals surface area contributed by atoms with Crippen LogP contribution in [-0.4, -0.2) is 22.3 Å². The Balaban J connectivity index is 1.25. The summed E-state index contributed by atoms with van der Waals surface area (Å²) in [5.74, 6) is 2.07. The van der Waals surface area contributed by atoms with Gasteiger partial charge in [-0.05, 0) is 72.5 Å². The quantitative estimate of drug-likeness (QED) is 0.179. The number of anilines is 8. The zero-order valence-electron chi connectivity index (χ0n) is 31.3. The molecule has 4 unspecified atom stereocenters. The van der Waals surface area contributed by atoms with Gasteiger partial charge in [0.2, 0.25) is 0 Å². The van der Waals surface area contributed by atoms with Crippen molar-refractivity contribution in [1.29, 1.82) is 0 Å². The molecule has 1 aromatic heterocycles. The Bertz CT molecular complexity index is 2490. The van der Waals surface area contributed by atoms with Crippen molar-refractivity contribution in [2.24, 2.45) is 5.92 Å². The molecule has 266 valence electrons. The molecule has 6 nitrogen and oxygen atoms in total. The highest BCUT2D eigenvalue weighted by Gasteiger charge is 2.59. The van der Waals surface area contributed by atoms with Gasteiger partial charge < -0.3 is 19.6 Å². The molecule has 0 spiro atoms. The molecule has 4 aliphatic heterocycles. The highest BCUT2D eigenvalue weighted by molar-refractivity contribution is 5.94. The Hall–Kier alpha value is -5.88. The van der Waals surface area contributed by atoms with E-state index < -0.39 is 0 Å². The molecule has 0 radical (unpaired) electrons. The van der Waals surface area contributed by atoms with Crippen molar-refractivity contribution in [3.63, 3.8) is 0 Å². The molecule has 0 saturated heterocycles. The summed E-state index contributed by atoms with van der Waals surface area (Å²) < 4.78 is 0. The average Bonchev–Trinajstić information content (AvgIpc) is 3.76. The molecule has 0 fully saturated rings. The van der Waals surface area contributed by atoms with Gasteiger partial charge in [-0.15, -0.1) is 0 Å². The molecular formula is C48H44N6. The van der Waals surface area contributed by atoms with Crippen LogP contribution in [0.4, 0.5) is 45.8 Å². The van der Waals surface area contributed by atoms with Crippen LogP contribution >= 0.6 is 0 Å². The monoisotopic (exact) mass is 704 g/mol. The molecule has 4 atom stereocenters. The smallest absolute Gasteiger partial charge is 0.178 e. The molecule has 5 heterocycles. The third-order valence-electron chi connectivity index (χ3n) is 12.8. The van der Waals surface area contributed by atoms with Gasteiger partial charge in [-0.25, -0.2) is 9.97 Å². The van der Waals surface area contributed by atoms with Gasteiger partial charge in [-0.2, -0.15) is 0 Å². The van der Waals surface area contributed by atoms with E-state index in [0.29, 0.717) is 0 Å². The summed E-state index contributed by atoms with van der Waals surface area (Å²) in [6.45, 7) is 14.2. The van der Waals surface area contributed by atoms with E-state index in [1.54, 1.807) is 0 Å². The number of hydrogen-bond donors (Lipinski definition) is 0. The first-order valence-corrected chi connectivity index (χ1v) is 19.4. The van der Waals surface area contributed by atoms with Crippen molar-refractivity contribution in [3.8, 4) is 0 Å². The van der Waals surface area contributed by atoms with Crippen molar-refractivity contribution >= 4 is 51.3 Å². The van der Waals surface area contributed by atoms with Crippen LogP contribution in [0.2, 0.25) is 0 Å². The van der Waals surface area contributed by atoms with Crippen molar-refractivity contribution in [2.75, 3.05) is 19.6 Å². The zero-order chi connectivity index (χ0) is 36.5. The standard InChI is InChI=1S/C48H44N6/c1-30-28-35-34-23-13-15-25-37(34)54-44-43(49-41-42(50-44)48(4,5)29-47(41,2)3)52(32-20-10-7-11-21-32)46(54)40(35)45-51(31-18-8-6-9-19-31)38-26-16-17-27-39(38)53(45)36-24-14-12-22-33(30)36/h6-27,35,40,45-46H,1,28-29H2,2-5H3. The van der Waals surface area contributed by atoms with Crippen LogP contribution in [0.3, 0.4) is 0 Å². The third kappa shape index (κ3) is 4.22. The highest BCUT2D eigenvalue weighted by atomic mass is 15.5. The highest BCUT2D eigenvalue weighted by Crippen LogP contribution is 2.63. The van der Waals surface area contributed by atoms with Crippen molar-refractivity contribution in [2.45, 2.75) is 69.6 Å². The third-order valence-corrected chi connectivity index (χ3v) is 12.8. The lowest BCUT2D eigenvalue weighted by atomic mass is 9.71. The summed E-state index contributed by atoms with van der Waals surface area (Å²) in [4.78, 5) is 21.8. The van der Waals surface area contributed by atoms with Crippen LogP contribution in [0, 0.1) is 5.92 Å². The molecule has 11 rings (SSSR count). The lowest BCUT2D eigenvalue weighted by molar-refractivity contribution is 0.290. The molecule has 54 heavy (non-hydrogen) atoms. The molecule has 0 saturated carbocycles. The summed E-state index contributed by atoms with van der Waals surface area (Å²) in [5, 5.41) is 0. The summed E-state index contributed by atoms with van der Waals surface area (Å²) in [7, 11) is 0. The molecular weight excluding hydrogens is 661 g/mol. The predicted molar refractivity (Wildman–Crippen MR) is 221 cm³/mol. The largest absolute Gasteiger partial charge is 0.318 e. The lowest BCUT2D eigenvalue weighted by Gasteiger charge is -2.53. The fourth-order valence-corrected chi connectivity index (χ4v) is 11.0. The number of allylic oxidation sites excluding steroid dienone is 1. The summed E-state index contributed by atoms with van der Waals surface area (Å²) in [6, 6.07) is 48.9. The van der Waals surface area contributed by atoms with Crippen LogP contribution in [-0.2, 0) is 10.8 Å². The molecule has 0 amide bonds. The molecule has 0 bridgehead atoms. The Kier molecular flexibility index (Phi) is 6.49. The number of nitrogens with zero attached hydrogens (tertiary/aromatic N) is 6. The van der Waals surface area contributed by atoms with E-state index in [4.69, 9.17) is 16.5 Å². The van der Waals surface area contributed by atoms with Crippen LogP contribution in [0.1, 0.15) is 69.0 Å². The van der Waals surface area contributed by atoms with Crippen LogP contribution < -0.4 is 19.6 Å². The second-order valence-electron chi connectivity index (χ2n) is 17.0. The predicted octanol–water partition coefficient (Wildman–Crippen LogP) is 11.5. The van der Waals surface area contributed by atoms with Gasteiger partial charge in [0, 0.05) is 45.3 Å². The van der Waals surface area contributed by atoms with E-state index in [1.807, 2.05) is 0 Å². The fraction of sp³-hybridized carbons (Fsp3) is 0.250. The first-order valence-electron chi connectivity index (χ1n) is 19.4. The first kappa shape index (κ1) is 31.6. The Morgan fingerprint density at radius 2 is 1.00 bits per heavy atom. The van der Waals surface area contributed by atoms with Crippen LogP contribution in [0.25, 0.3) is 5.57 Å². The maximum atomic E-state index is 5.75. The summed E-state index contributed by atoms with van der Waals surface area (Å²) in [6.07, 6.45) is 1.62. The van der Waals surface area contributed by atoms with Gasteiger partial charge in [0.15, 0.2) is 11.6 Å². The van der Waals surface area contributed by atoms with Gasteiger partial charge >= 0.3 is 0 Å². The van der Waals surface area contributed by atoms with Crippen LogP contribution in [0.15, 0.2) is 140 Å². The molecule has 6 aromatic rings. The summed E-state index contributed by atoms with van der Waals surface area (Å²) in [5.41, 5.74) is 12.9. The maximum Gasteiger partial charge on any atom is 0.178 e. The Morgan fingerprint density at radius 1 is 0.519 bits per heavy atom. The topological polar surface area (TPSA) is 38.7 Å². The molecule has 5 aliphatic rings. The number of para-hydroxylation sites is 6. The SMILES string of the molecule is C=C1CC2c3ccccc3N3c4nc5c(nc4N(c4ccccc4)C3C2C2N(c3ccccc3)c3ccccc3N2c2ccccc21)C(C)(C)CC5(C)C.